The molecule has 1 heterocycles. The van der Waals surface area contributed by atoms with Gasteiger partial charge in [0, 0.05) is 19.1 Å². The van der Waals surface area contributed by atoms with Crippen molar-refractivity contribution in [3.8, 4) is 0 Å². The largest absolute Gasteiger partial charge is 0.370 e. The van der Waals surface area contributed by atoms with Gasteiger partial charge in [0.25, 0.3) is 0 Å². The van der Waals surface area contributed by atoms with Crippen LogP contribution in [0.4, 0.5) is 5.69 Å². The maximum Gasteiger partial charge on any atom is 0.0571 e. The quantitative estimate of drug-likeness (QED) is 0.866. The Bertz CT molecular complexity index is 341. The van der Waals surface area contributed by atoms with Gasteiger partial charge in [0.2, 0.25) is 0 Å². The third-order valence-electron chi connectivity index (χ3n) is 3.93. The summed E-state index contributed by atoms with van der Waals surface area (Å²) >= 11 is 0. The molecule has 94 valence electrons. The lowest BCUT2D eigenvalue weighted by atomic mass is 10.2. The van der Waals surface area contributed by atoms with Crippen molar-refractivity contribution in [2.24, 2.45) is 0 Å². The van der Waals surface area contributed by atoms with Crippen molar-refractivity contribution in [2.75, 3.05) is 19.0 Å². The first-order valence-corrected chi connectivity index (χ1v) is 6.58. The van der Waals surface area contributed by atoms with E-state index in [1.807, 2.05) is 13.2 Å². The van der Waals surface area contributed by atoms with E-state index in [9.17, 15) is 0 Å². The van der Waals surface area contributed by atoms with E-state index in [1.165, 1.54) is 31.4 Å². The molecule has 0 saturated heterocycles. The number of hydrogen-bond acceptors (Lipinski definition) is 3. The molecular formula is C14H23N3. The monoisotopic (exact) mass is 233 g/mol. The molecule has 1 N–H and O–H groups in total. The molecule has 0 aliphatic heterocycles. The Morgan fingerprint density at radius 1 is 1.35 bits per heavy atom. The Hall–Kier alpha value is -1.09. The zero-order valence-corrected chi connectivity index (χ0v) is 11.1. The Labute approximate surface area is 104 Å². The summed E-state index contributed by atoms with van der Waals surface area (Å²) in [5.41, 5.74) is 2.35. The van der Waals surface area contributed by atoms with Crippen LogP contribution in [0.15, 0.2) is 18.3 Å². The van der Waals surface area contributed by atoms with Gasteiger partial charge in [-0.3, -0.25) is 4.98 Å². The molecule has 0 aromatic carbocycles. The van der Waals surface area contributed by atoms with Crippen molar-refractivity contribution in [1.82, 2.24) is 10.3 Å². The standard InChI is InChI=1S/C14H23N3/c1-11(15-2)14-9-8-13(10-16-14)17(3)12-6-4-5-7-12/h8-12,15H,4-7H2,1-3H3. The molecule has 1 saturated carbocycles. The van der Waals surface area contributed by atoms with Crippen LogP contribution in [0.2, 0.25) is 0 Å². The average Bonchev–Trinajstić information content (AvgIpc) is 2.91. The fourth-order valence-corrected chi connectivity index (χ4v) is 2.51. The van der Waals surface area contributed by atoms with Crippen LogP contribution in [0.3, 0.4) is 0 Å². The molecule has 0 spiro atoms. The molecule has 3 heteroatoms. The topological polar surface area (TPSA) is 28.2 Å². The van der Waals surface area contributed by atoms with Crippen LogP contribution in [0, 0.1) is 0 Å². The van der Waals surface area contributed by atoms with Gasteiger partial charge in [-0.05, 0) is 38.9 Å². The van der Waals surface area contributed by atoms with Gasteiger partial charge in [-0.25, -0.2) is 0 Å². The van der Waals surface area contributed by atoms with E-state index in [4.69, 9.17) is 0 Å². The van der Waals surface area contributed by atoms with Gasteiger partial charge in [-0.2, -0.15) is 0 Å². The van der Waals surface area contributed by atoms with E-state index >= 15 is 0 Å². The lowest BCUT2D eigenvalue weighted by Gasteiger charge is -2.26. The van der Waals surface area contributed by atoms with E-state index < -0.39 is 0 Å². The summed E-state index contributed by atoms with van der Waals surface area (Å²) in [5.74, 6) is 0. The summed E-state index contributed by atoms with van der Waals surface area (Å²) in [7, 11) is 4.15. The van der Waals surface area contributed by atoms with E-state index in [1.54, 1.807) is 0 Å². The second-order valence-corrected chi connectivity index (χ2v) is 5.00. The first-order chi connectivity index (χ1) is 8.22. The highest BCUT2D eigenvalue weighted by Crippen LogP contribution is 2.26. The van der Waals surface area contributed by atoms with Gasteiger partial charge in [-0.15, -0.1) is 0 Å². The van der Waals surface area contributed by atoms with Crippen molar-refractivity contribution < 1.29 is 0 Å². The fourth-order valence-electron chi connectivity index (χ4n) is 2.51. The minimum absolute atomic E-state index is 0.320. The predicted octanol–water partition coefficient (Wildman–Crippen LogP) is 2.74. The van der Waals surface area contributed by atoms with Gasteiger partial charge < -0.3 is 10.2 Å². The molecule has 0 radical (unpaired) electrons. The highest BCUT2D eigenvalue weighted by Gasteiger charge is 2.20. The molecule has 0 bridgehead atoms. The normalized spacial score (nSPS) is 18.3. The molecule has 1 aromatic heterocycles. The lowest BCUT2D eigenvalue weighted by molar-refractivity contribution is 0.629. The van der Waals surface area contributed by atoms with Crippen molar-refractivity contribution in [2.45, 2.75) is 44.7 Å². The first kappa shape index (κ1) is 12.4. The summed E-state index contributed by atoms with van der Waals surface area (Å²) in [5, 5.41) is 3.21. The van der Waals surface area contributed by atoms with Gasteiger partial charge in [0.15, 0.2) is 0 Å². The SMILES string of the molecule is CNC(C)c1ccc(N(C)C2CCCC2)cn1. The van der Waals surface area contributed by atoms with Gasteiger partial charge in [0.1, 0.15) is 0 Å². The summed E-state index contributed by atoms with van der Waals surface area (Å²) in [6.07, 6.45) is 7.40. The third kappa shape index (κ3) is 2.78. The zero-order chi connectivity index (χ0) is 12.3. The molecule has 3 nitrogen and oxygen atoms in total. The van der Waals surface area contributed by atoms with Gasteiger partial charge in [0.05, 0.1) is 17.6 Å². The number of anilines is 1. The highest BCUT2D eigenvalue weighted by atomic mass is 15.1. The number of aromatic nitrogens is 1. The maximum absolute atomic E-state index is 4.54. The maximum atomic E-state index is 4.54. The van der Waals surface area contributed by atoms with E-state index in [2.05, 4.69) is 41.3 Å². The van der Waals surface area contributed by atoms with E-state index in [-0.39, 0.29) is 0 Å². The smallest absolute Gasteiger partial charge is 0.0571 e. The number of pyridine rings is 1. The Morgan fingerprint density at radius 2 is 2.06 bits per heavy atom. The second kappa shape index (κ2) is 5.50. The molecule has 1 aliphatic carbocycles. The molecule has 1 aromatic rings. The van der Waals surface area contributed by atoms with Crippen LogP contribution in [0.25, 0.3) is 0 Å². The predicted molar refractivity (Wildman–Crippen MR) is 72.4 cm³/mol. The van der Waals surface area contributed by atoms with Crippen molar-refractivity contribution in [3.05, 3.63) is 24.0 Å². The number of nitrogens with one attached hydrogen (secondary N) is 1. The third-order valence-corrected chi connectivity index (χ3v) is 3.93. The molecule has 1 atom stereocenters. The molecule has 17 heavy (non-hydrogen) atoms. The summed E-state index contributed by atoms with van der Waals surface area (Å²) in [6, 6.07) is 5.35. The summed E-state index contributed by atoms with van der Waals surface area (Å²) < 4.78 is 0. The summed E-state index contributed by atoms with van der Waals surface area (Å²) in [6.45, 7) is 2.13. The van der Waals surface area contributed by atoms with Crippen LogP contribution in [-0.4, -0.2) is 25.1 Å². The minimum atomic E-state index is 0.320. The zero-order valence-electron chi connectivity index (χ0n) is 11.1. The van der Waals surface area contributed by atoms with E-state index in [0.29, 0.717) is 12.1 Å². The van der Waals surface area contributed by atoms with Crippen LogP contribution in [-0.2, 0) is 0 Å². The Balaban J connectivity index is 2.06. The summed E-state index contributed by atoms with van der Waals surface area (Å²) in [4.78, 5) is 6.92. The average molecular weight is 233 g/mol. The van der Waals surface area contributed by atoms with Crippen LogP contribution in [0.5, 0.6) is 0 Å². The van der Waals surface area contributed by atoms with Gasteiger partial charge >= 0.3 is 0 Å². The molecule has 2 rings (SSSR count). The Morgan fingerprint density at radius 3 is 2.59 bits per heavy atom. The van der Waals surface area contributed by atoms with Crippen LogP contribution < -0.4 is 10.2 Å². The number of rotatable bonds is 4. The van der Waals surface area contributed by atoms with Crippen molar-refractivity contribution in [3.63, 3.8) is 0 Å². The lowest BCUT2D eigenvalue weighted by Crippen LogP contribution is -2.28. The van der Waals surface area contributed by atoms with Gasteiger partial charge in [-0.1, -0.05) is 12.8 Å². The Kier molecular flexibility index (Phi) is 4.00. The van der Waals surface area contributed by atoms with Crippen LogP contribution >= 0.6 is 0 Å². The fraction of sp³-hybridized carbons (Fsp3) is 0.643. The number of nitrogens with zero attached hydrogens (tertiary/aromatic N) is 2. The second-order valence-electron chi connectivity index (χ2n) is 5.00. The first-order valence-electron chi connectivity index (χ1n) is 6.58. The molecule has 1 aliphatic rings. The number of hydrogen-bond donors (Lipinski definition) is 1. The van der Waals surface area contributed by atoms with Crippen molar-refractivity contribution in [1.29, 1.82) is 0 Å². The van der Waals surface area contributed by atoms with Crippen molar-refractivity contribution >= 4 is 5.69 Å². The highest BCUT2D eigenvalue weighted by molar-refractivity contribution is 5.45. The molecular weight excluding hydrogens is 210 g/mol. The molecule has 1 fully saturated rings. The molecule has 1 unspecified atom stereocenters. The molecule has 0 amide bonds. The van der Waals surface area contributed by atoms with E-state index in [0.717, 1.165) is 5.69 Å². The minimum Gasteiger partial charge on any atom is -0.370 e. The van der Waals surface area contributed by atoms with Crippen LogP contribution in [0.1, 0.15) is 44.3 Å².